The molecule has 0 bridgehead atoms. The molecule has 1 rings (SSSR count). The van der Waals surface area contributed by atoms with Gasteiger partial charge in [0.2, 0.25) is 0 Å². The summed E-state index contributed by atoms with van der Waals surface area (Å²) in [5, 5.41) is 8.43. The molecule has 1 atom stereocenters. The molecule has 3 N–H and O–H groups in total. The van der Waals surface area contributed by atoms with Crippen LogP contribution in [0.4, 0.5) is 0 Å². The van der Waals surface area contributed by atoms with Gasteiger partial charge in [-0.25, -0.2) is 0 Å². The van der Waals surface area contributed by atoms with Gasteiger partial charge in [-0.05, 0) is 12.1 Å². The molecule has 0 aromatic heterocycles. The van der Waals surface area contributed by atoms with E-state index < -0.39 is 12.0 Å². The smallest absolute Gasteiger partial charge is 0.305 e. The normalized spacial score (nSPS) is 11.2. The van der Waals surface area contributed by atoms with Gasteiger partial charge in [-0.2, -0.15) is 0 Å². The van der Waals surface area contributed by atoms with Gasteiger partial charge in [0, 0.05) is 5.56 Å². The van der Waals surface area contributed by atoms with E-state index in [2.05, 4.69) is 11.8 Å². The molecule has 0 fully saturated rings. The van der Waals surface area contributed by atoms with Crippen molar-refractivity contribution in [2.75, 3.05) is 0 Å². The van der Waals surface area contributed by atoms with Crippen LogP contribution in [0.2, 0.25) is 0 Å². The first-order valence-electron chi connectivity index (χ1n) is 4.22. The number of carboxylic acids is 1. The third-order valence-corrected chi connectivity index (χ3v) is 1.57. The van der Waals surface area contributed by atoms with Gasteiger partial charge in [-0.3, -0.25) is 4.79 Å². The van der Waals surface area contributed by atoms with Crippen LogP contribution in [0.5, 0.6) is 0 Å². The fourth-order valence-corrected chi connectivity index (χ4v) is 0.937. The summed E-state index contributed by atoms with van der Waals surface area (Å²) < 4.78 is 0. The Bertz CT molecular complexity index is 362. The number of aliphatic carboxylic acids is 1. The summed E-state index contributed by atoms with van der Waals surface area (Å²) >= 11 is 0. The van der Waals surface area contributed by atoms with Crippen molar-refractivity contribution in [3.05, 3.63) is 35.9 Å². The van der Waals surface area contributed by atoms with E-state index in [-0.39, 0.29) is 6.42 Å². The molecular weight excluding hydrogens is 178 g/mol. The second-order valence-corrected chi connectivity index (χ2v) is 2.84. The Balaban J connectivity index is 2.60. The van der Waals surface area contributed by atoms with Crippen LogP contribution in [0.3, 0.4) is 0 Å². The molecule has 0 amide bonds. The topological polar surface area (TPSA) is 63.3 Å². The zero-order chi connectivity index (χ0) is 10.4. The predicted octanol–water partition coefficient (Wildman–Crippen LogP) is 0.840. The number of hydrogen-bond donors (Lipinski definition) is 2. The Morgan fingerprint density at radius 1 is 1.43 bits per heavy atom. The van der Waals surface area contributed by atoms with Crippen LogP contribution >= 0.6 is 0 Å². The first kappa shape index (κ1) is 10.3. The maximum Gasteiger partial charge on any atom is 0.305 e. The number of nitrogens with two attached hydrogens (primary N) is 1. The molecule has 0 aliphatic heterocycles. The fourth-order valence-electron chi connectivity index (χ4n) is 0.937. The molecule has 3 heteroatoms. The van der Waals surface area contributed by atoms with Crippen molar-refractivity contribution in [2.24, 2.45) is 5.73 Å². The molecule has 1 unspecified atom stereocenters. The van der Waals surface area contributed by atoms with Crippen LogP contribution in [0, 0.1) is 11.8 Å². The van der Waals surface area contributed by atoms with E-state index in [1.165, 1.54) is 0 Å². The summed E-state index contributed by atoms with van der Waals surface area (Å²) in [6.07, 6.45) is -0.125. The second-order valence-electron chi connectivity index (χ2n) is 2.84. The molecule has 0 aliphatic carbocycles. The van der Waals surface area contributed by atoms with Gasteiger partial charge in [-0.1, -0.05) is 30.0 Å². The molecule has 1 aromatic rings. The van der Waals surface area contributed by atoms with E-state index in [4.69, 9.17) is 10.8 Å². The third-order valence-electron chi connectivity index (χ3n) is 1.57. The molecule has 3 nitrogen and oxygen atoms in total. The van der Waals surface area contributed by atoms with Crippen LogP contribution < -0.4 is 5.73 Å². The lowest BCUT2D eigenvalue weighted by molar-refractivity contribution is -0.137. The van der Waals surface area contributed by atoms with Crippen molar-refractivity contribution in [1.82, 2.24) is 0 Å². The van der Waals surface area contributed by atoms with Gasteiger partial charge < -0.3 is 10.8 Å². The van der Waals surface area contributed by atoms with E-state index in [1.54, 1.807) is 0 Å². The van der Waals surface area contributed by atoms with Crippen LogP contribution in [-0.4, -0.2) is 17.1 Å². The summed E-state index contributed by atoms with van der Waals surface area (Å²) in [7, 11) is 0. The van der Waals surface area contributed by atoms with Crippen LogP contribution in [0.1, 0.15) is 12.0 Å². The molecular formula is C11H11NO2. The monoisotopic (exact) mass is 189 g/mol. The maximum atomic E-state index is 10.3. The van der Waals surface area contributed by atoms with Gasteiger partial charge in [0.25, 0.3) is 0 Å². The largest absolute Gasteiger partial charge is 0.481 e. The quantitative estimate of drug-likeness (QED) is 0.677. The van der Waals surface area contributed by atoms with Gasteiger partial charge in [-0.15, -0.1) is 0 Å². The summed E-state index contributed by atoms with van der Waals surface area (Å²) in [6.45, 7) is 0. The molecule has 1 aromatic carbocycles. The Morgan fingerprint density at radius 3 is 2.64 bits per heavy atom. The molecule has 0 aliphatic rings. The molecule has 0 spiro atoms. The highest BCUT2D eigenvalue weighted by Crippen LogP contribution is 1.95. The van der Waals surface area contributed by atoms with Crippen molar-refractivity contribution in [1.29, 1.82) is 0 Å². The maximum absolute atomic E-state index is 10.3. The number of hydrogen-bond acceptors (Lipinski definition) is 2. The Kier molecular flexibility index (Phi) is 3.71. The fraction of sp³-hybridized carbons (Fsp3) is 0.182. The Morgan fingerprint density at radius 2 is 2.07 bits per heavy atom. The minimum Gasteiger partial charge on any atom is -0.481 e. The minimum absolute atomic E-state index is 0.125. The van der Waals surface area contributed by atoms with Crippen LogP contribution in [0.25, 0.3) is 0 Å². The van der Waals surface area contributed by atoms with Crippen molar-refractivity contribution in [3.63, 3.8) is 0 Å². The highest BCUT2D eigenvalue weighted by molar-refractivity contribution is 5.68. The molecule has 0 saturated heterocycles. The van der Waals surface area contributed by atoms with Crippen molar-refractivity contribution in [2.45, 2.75) is 12.5 Å². The lowest BCUT2D eigenvalue weighted by atomic mass is 10.2. The van der Waals surface area contributed by atoms with E-state index in [0.717, 1.165) is 5.56 Å². The average molecular weight is 189 g/mol. The molecule has 0 radical (unpaired) electrons. The third kappa shape index (κ3) is 3.74. The summed E-state index contributed by atoms with van der Waals surface area (Å²) in [5.74, 6) is 4.56. The number of carboxylic acid groups (broad SMARTS) is 1. The second kappa shape index (κ2) is 5.05. The number of benzene rings is 1. The Hall–Kier alpha value is -1.79. The molecule has 14 heavy (non-hydrogen) atoms. The number of carbonyl (C=O) groups is 1. The van der Waals surface area contributed by atoms with Gasteiger partial charge in [0.1, 0.15) is 0 Å². The lowest BCUT2D eigenvalue weighted by Crippen LogP contribution is -2.21. The van der Waals surface area contributed by atoms with E-state index in [1.807, 2.05) is 30.3 Å². The van der Waals surface area contributed by atoms with Crippen LogP contribution in [0.15, 0.2) is 30.3 Å². The lowest BCUT2D eigenvalue weighted by Gasteiger charge is -1.97. The zero-order valence-electron chi connectivity index (χ0n) is 7.60. The zero-order valence-corrected chi connectivity index (χ0v) is 7.60. The highest BCUT2D eigenvalue weighted by atomic mass is 16.4. The molecule has 72 valence electrons. The van der Waals surface area contributed by atoms with E-state index >= 15 is 0 Å². The summed E-state index contributed by atoms with van der Waals surface area (Å²) in [5.41, 5.74) is 6.31. The average Bonchev–Trinajstić information content (AvgIpc) is 2.15. The standard InChI is InChI=1S/C11H11NO2/c12-10(8-11(13)14)7-6-9-4-2-1-3-5-9/h1-5,10H,8,12H2,(H,13,14). The summed E-state index contributed by atoms with van der Waals surface area (Å²) in [6, 6.07) is 8.72. The number of rotatable bonds is 2. The predicted molar refractivity (Wildman–Crippen MR) is 53.5 cm³/mol. The van der Waals surface area contributed by atoms with Gasteiger partial charge in [0.15, 0.2) is 0 Å². The van der Waals surface area contributed by atoms with E-state index in [0.29, 0.717) is 0 Å². The first-order chi connectivity index (χ1) is 6.68. The molecule has 0 saturated carbocycles. The Labute approximate surface area is 82.6 Å². The summed E-state index contributed by atoms with van der Waals surface area (Å²) in [4.78, 5) is 10.3. The minimum atomic E-state index is -0.931. The SMILES string of the molecule is NC(C#Cc1ccccc1)CC(=O)O. The van der Waals surface area contributed by atoms with Crippen molar-refractivity contribution >= 4 is 5.97 Å². The van der Waals surface area contributed by atoms with Gasteiger partial charge in [0.05, 0.1) is 12.5 Å². The van der Waals surface area contributed by atoms with Crippen molar-refractivity contribution < 1.29 is 9.90 Å². The highest BCUT2D eigenvalue weighted by Gasteiger charge is 2.02. The molecule has 0 heterocycles. The van der Waals surface area contributed by atoms with Crippen molar-refractivity contribution in [3.8, 4) is 11.8 Å². The first-order valence-corrected chi connectivity index (χ1v) is 4.22. The van der Waals surface area contributed by atoms with E-state index in [9.17, 15) is 4.79 Å². The van der Waals surface area contributed by atoms with Gasteiger partial charge >= 0.3 is 5.97 Å². The van der Waals surface area contributed by atoms with Crippen LogP contribution in [-0.2, 0) is 4.79 Å².